The average molecular weight is 369 g/mol. The lowest BCUT2D eigenvalue weighted by Crippen LogP contribution is -2.34. The minimum atomic E-state index is -1.43. The lowest BCUT2D eigenvalue weighted by molar-refractivity contribution is -0.139. The summed E-state index contributed by atoms with van der Waals surface area (Å²) in [6.45, 7) is 6.53. The largest absolute Gasteiger partial charge is 0.868 e. The molecule has 0 aliphatic rings. The van der Waals surface area contributed by atoms with Crippen molar-refractivity contribution < 1.29 is 23.6 Å². The van der Waals surface area contributed by atoms with E-state index in [0.29, 0.717) is 5.75 Å². The van der Waals surface area contributed by atoms with Gasteiger partial charge in [0.15, 0.2) is 0 Å². The number of hydrogen-bond donors (Lipinski definition) is 1. The third-order valence-corrected chi connectivity index (χ3v) is 3.93. The van der Waals surface area contributed by atoms with Gasteiger partial charge in [0.25, 0.3) is 11.9 Å². The first-order chi connectivity index (χ1) is 12.9. The van der Waals surface area contributed by atoms with Crippen LogP contribution in [0.15, 0.2) is 54.6 Å². The summed E-state index contributed by atoms with van der Waals surface area (Å²) in [5, 5.41) is 3.51. The van der Waals surface area contributed by atoms with Crippen molar-refractivity contribution in [2.45, 2.75) is 39.8 Å². The van der Waals surface area contributed by atoms with Gasteiger partial charge in [-0.05, 0) is 25.5 Å². The summed E-state index contributed by atoms with van der Waals surface area (Å²) in [5.41, 5.74) is 2.02. The molecule has 0 heterocycles. The quantitative estimate of drug-likeness (QED) is 0.717. The molecule has 142 valence electrons. The highest BCUT2D eigenvalue weighted by molar-refractivity contribution is 6.42. The van der Waals surface area contributed by atoms with E-state index in [1.54, 1.807) is 12.1 Å². The monoisotopic (exact) mass is 369 g/mol. The second-order valence-corrected chi connectivity index (χ2v) is 6.18. The zero-order valence-electron chi connectivity index (χ0n) is 16.0. The molecule has 2 aromatic rings. The Morgan fingerprint density at radius 1 is 0.852 bits per heavy atom. The predicted octanol–water partition coefficient (Wildman–Crippen LogP) is 3.59. The summed E-state index contributed by atoms with van der Waals surface area (Å²) in [4.78, 5) is 22.5. The van der Waals surface area contributed by atoms with Gasteiger partial charge in [-0.1, -0.05) is 48.5 Å². The lowest BCUT2D eigenvalue weighted by atomic mass is 10.0. The van der Waals surface area contributed by atoms with Crippen LogP contribution in [0.3, 0.4) is 0 Å². The normalized spacial score (nSPS) is 12.6. The zero-order chi connectivity index (χ0) is 19.8. The molecule has 0 bridgehead atoms. The third-order valence-electron chi connectivity index (χ3n) is 3.93. The Hall–Kier alpha value is -2.80. The van der Waals surface area contributed by atoms with E-state index in [1.807, 2.05) is 37.3 Å². The Bertz CT molecular complexity index is 752. The fourth-order valence-electron chi connectivity index (χ4n) is 2.70. The molecule has 27 heavy (non-hydrogen) atoms. The highest BCUT2D eigenvalue weighted by atomic mass is 16.8. The molecule has 0 saturated heterocycles. The Morgan fingerprint density at radius 2 is 1.41 bits per heavy atom. The molecule has 0 spiro atoms. The van der Waals surface area contributed by atoms with Gasteiger partial charge in [-0.25, -0.2) is 0 Å². The number of para-hydroxylation sites is 1. The average Bonchev–Trinajstić information content (AvgIpc) is 2.61. The molecule has 2 rings (SSSR count). The van der Waals surface area contributed by atoms with E-state index in [1.165, 1.54) is 19.4 Å². The van der Waals surface area contributed by atoms with Crippen LogP contribution in [0.25, 0.3) is 0 Å². The lowest BCUT2D eigenvalue weighted by Gasteiger charge is -2.23. The minimum Gasteiger partial charge on any atom is -0.489 e. The molecule has 0 unspecified atom stereocenters. The van der Waals surface area contributed by atoms with Gasteiger partial charge in [-0.3, -0.25) is 9.59 Å². The van der Waals surface area contributed by atoms with E-state index in [-0.39, 0.29) is 12.1 Å². The first-order valence-electron chi connectivity index (χ1n) is 8.78. The van der Waals surface area contributed by atoms with Gasteiger partial charge in [0, 0.05) is 31.5 Å². The Balaban J connectivity index is 2.15. The highest BCUT2D eigenvalue weighted by Gasteiger charge is 2.33. The predicted molar refractivity (Wildman–Crippen MR) is 103 cm³/mol. The maximum Gasteiger partial charge on any atom is 0.868 e. The van der Waals surface area contributed by atoms with Gasteiger partial charge < -0.3 is 19.3 Å². The number of nitrogens with one attached hydrogen (secondary N) is 1. The number of hydrogen-bond acceptors (Lipinski definition) is 6. The topological polar surface area (TPSA) is 73.9 Å². The van der Waals surface area contributed by atoms with Gasteiger partial charge in [0.1, 0.15) is 5.75 Å². The second-order valence-electron chi connectivity index (χ2n) is 6.18. The van der Waals surface area contributed by atoms with E-state index < -0.39 is 19.3 Å². The van der Waals surface area contributed by atoms with Crippen molar-refractivity contribution in [1.29, 1.82) is 0 Å². The van der Waals surface area contributed by atoms with Crippen molar-refractivity contribution in [2.24, 2.45) is 0 Å². The summed E-state index contributed by atoms with van der Waals surface area (Å²) in [6.07, 6.45) is 0. The van der Waals surface area contributed by atoms with Gasteiger partial charge in [-0.2, -0.15) is 0 Å². The maximum absolute atomic E-state index is 11.2. The molecule has 7 heteroatoms. The van der Waals surface area contributed by atoms with Crippen molar-refractivity contribution in [1.82, 2.24) is 5.32 Å². The van der Waals surface area contributed by atoms with Gasteiger partial charge in [0.05, 0.1) is 0 Å². The Labute approximate surface area is 160 Å². The summed E-state index contributed by atoms with van der Waals surface area (Å²) in [7, 11) is -1.43. The van der Waals surface area contributed by atoms with Crippen molar-refractivity contribution in [2.75, 3.05) is 0 Å². The number of carbonyl (C=O) groups is 2. The molecule has 2 atom stereocenters. The zero-order valence-corrected chi connectivity index (χ0v) is 16.0. The van der Waals surface area contributed by atoms with Crippen LogP contribution >= 0.6 is 0 Å². The molecule has 0 radical (unpaired) electrons. The van der Waals surface area contributed by atoms with Crippen LogP contribution in [0.1, 0.15) is 50.9 Å². The highest BCUT2D eigenvalue weighted by Crippen LogP contribution is 2.28. The fourth-order valence-corrected chi connectivity index (χ4v) is 2.70. The molecule has 0 amide bonds. The Morgan fingerprint density at radius 3 is 2.00 bits per heavy atom. The van der Waals surface area contributed by atoms with Crippen LogP contribution in [-0.2, 0) is 18.9 Å². The molecule has 0 saturated carbocycles. The number of benzene rings is 2. The molecule has 0 aliphatic heterocycles. The van der Waals surface area contributed by atoms with Crippen LogP contribution < -0.4 is 9.97 Å². The molecular formula is C20H24BNO5. The molecular weight excluding hydrogens is 345 g/mol. The van der Waals surface area contributed by atoms with Crippen molar-refractivity contribution >= 4 is 19.3 Å². The molecule has 6 nitrogen and oxygen atoms in total. The Kier molecular flexibility index (Phi) is 7.43. The van der Waals surface area contributed by atoms with E-state index in [4.69, 9.17) is 14.0 Å². The first kappa shape index (κ1) is 20.5. The smallest absolute Gasteiger partial charge is 0.489 e. The maximum atomic E-state index is 11.2. The van der Waals surface area contributed by atoms with Gasteiger partial charge in [0.2, 0.25) is 0 Å². The summed E-state index contributed by atoms with van der Waals surface area (Å²) in [5.74, 6) is -0.754. The second kappa shape index (κ2) is 9.78. The molecule has 2 aromatic carbocycles. The fraction of sp³-hybridized carbons (Fsp3) is 0.300. The van der Waals surface area contributed by atoms with E-state index >= 15 is 0 Å². The molecule has 1 N–H and O–H groups in total. The molecule has 0 fully saturated rings. The van der Waals surface area contributed by atoms with Crippen molar-refractivity contribution in [3.63, 3.8) is 0 Å². The van der Waals surface area contributed by atoms with Crippen LogP contribution in [0.5, 0.6) is 5.75 Å². The van der Waals surface area contributed by atoms with Crippen LogP contribution in [0.2, 0.25) is 0 Å². The van der Waals surface area contributed by atoms with Crippen molar-refractivity contribution in [3.05, 3.63) is 65.7 Å². The van der Waals surface area contributed by atoms with Crippen LogP contribution in [-0.4, -0.2) is 19.3 Å². The third kappa shape index (κ3) is 6.45. The van der Waals surface area contributed by atoms with Gasteiger partial charge >= 0.3 is 7.32 Å². The van der Waals surface area contributed by atoms with E-state index in [2.05, 4.69) is 24.4 Å². The van der Waals surface area contributed by atoms with Crippen molar-refractivity contribution in [3.8, 4) is 5.75 Å². The number of rotatable bonds is 8. The SMILES string of the molecule is CC(=O)OB(OC(C)=O)Oc1ccccc1[C@@H](C)N[C@H](C)c1ccccc1. The van der Waals surface area contributed by atoms with Gasteiger partial charge in [-0.15, -0.1) is 0 Å². The summed E-state index contributed by atoms with van der Waals surface area (Å²) < 4.78 is 15.5. The summed E-state index contributed by atoms with van der Waals surface area (Å²) >= 11 is 0. The first-order valence-corrected chi connectivity index (χ1v) is 8.78. The van der Waals surface area contributed by atoms with E-state index in [9.17, 15) is 9.59 Å². The van der Waals surface area contributed by atoms with E-state index in [0.717, 1.165) is 5.56 Å². The van der Waals surface area contributed by atoms with Crippen LogP contribution in [0, 0.1) is 0 Å². The van der Waals surface area contributed by atoms with Crippen LogP contribution in [0.4, 0.5) is 0 Å². The molecule has 0 aliphatic carbocycles. The molecule has 0 aromatic heterocycles. The standard InChI is InChI=1S/C20H24BNO5/c1-14(18-10-6-5-7-11-18)22-15(2)19-12-8-9-13-20(19)27-21(25-16(3)23)26-17(4)24/h5-15,22H,1-4H3/t14-,15-/m1/s1. The summed E-state index contributed by atoms with van der Waals surface area (Å²) in [6, 6.07) is 17.5. The minimum absolute atomic E-state index is 0.0632. The number of carbonyl (C=O) groups excluding carboxylic acids is 2.